The van der Waals surface area contributed by atoms with Crippen LogP contribution in [0.3, 0.4) is 0 Å². The van der Waals surface area contributed by atoms with Crippen LogP contribution in [0.5, 0.6) is 0 Å². The lowest BCUT2D eigenvalue weighted by molar-refractivity contribution is 0.114. The minimum atomic E-state index is -0.421. The van der Waals surface area contributed by atoms with Crippen LogP contribution in [-0.2, 0) is 4.74 Å². The van der Waals surface area contributed by atoms with Crippen molar-refractivity contribution in [1.29, 1.82) is 0 Å². The van der Waals surface area contributed by atoms with E-state index in [1.165, 1.54) is 0 Å². The summed E-state index contributed by atoms with van der Waals surface area (Å²) >= 11 is 0. The van der Waals surface area contributed by atoms with E-state index in [9.17, 15) is 5.11 Å². The Kier molecular flexibility index (Phi) is 4.67. The fourth-order valence-corrected chi connectivity index (χ4v) is 1.99. The Bertz CT molecular complexity index is 499. The highest BCUT2D eigenvalue weighted by Gasteiger charge is 2.08. The lowest BCUT2D eigenvalue weighted by atomic mass is 10.0. The van der Waals surface area contributed by atoms with Gasteiger partial charge in [0.05, 0.1) is 11.6 Å². The van der Waals surface area contributed by atoms with Crippen molar-refractivity contribution in [2.75, 3.05) is 13.2 Å². The van der Waals surface area contributed by atoms with Gasteiger partial charge in [-0.05, 0) is 43.5 Å². The summed E-state index contributed by atoms with van der Waals surface area (Å²) in [6.45, 7) is 3.42. The molecule has 0 bridgehead atoms. The second kappa shape index (κ2) is 6.47. The zero-order valence-electron chi connectivity index (χ0n) is 10.7. The molecule has 1 aromatic heterocycles. The van der Waals surface area contributed by atoms with Crippen molar-refractivity contribution in [2.45, 2.75) is 25.9 Å². The van der Waals surface area contributed by atoms with Crippen LogP contribution in [-0.4, -0.2) is 23.3 Å². The molecule has 2 aromatic rings. The van der Waals surface area contributed by atoms with Crippen molar-refractivity contribution < 1.29 is 9.84 Å². The third-order valence-electron chi connectivity index (χ3n) is 2.98. The van der Waals surface area contributed by atoms with E-state index in [-0.39, 0.29) is 0 Å². The Morgan fingerprint density at radius 2 is 2.22 bits per heavy atom. The average molecular weight is 245 g/mol. The predicted octanol–water partition coefficient (Wildman–Crippen LogP) is 3.08. The van der Waals surface area contributed by atoms with Crippen molar-refractivity contribution in [3.05, 3.63) is 42.1 Å². The fourth-order valence-electron chi connectivity index (χ4n) is 1.99. The molecule has 3 nitrogen and oxygen atoms in total. The van der Waals surface area contributed by atoms with E-state index in [0.29, 0.717) is 6.61 Å². The first-order valence-electron chi connectivity index (χ1n) is 6.41. The molecule has 1 atom stereocenters. The maximum Gasteiger partial charge on any atom is 0.0791 e. The molecule has 0 aliphatic heterocycles. The predicted molar refractivity (Wildman–Crippen MR) is 72.4 cm³/mol. The first-order chi connectivity index (χ1) is 8.81. The lowest BCUT2D eigenvalue weighted by Crippen LogP contribution is -2.01. The van der Waals surface area contributed by atoms with Crippen LogP contribution >= 0.6 is 0 Å². The average Bonchev–Trinajstić information content (AvgIpc) is 2.43. The Morgan fingerprint density at radius 3 is 3.06 bits per heavy atom. The maximum atomic E-state index is 10.1. The summed E-state index contributed by atoms with van der Waals surface area (Å²) in [5.41, 5.74) is 1.91. The zero-order chi connectivity index (χ0) is 12.8. The van der Waals surface area contributed by atoms with E-state index in [2.05, 4.69) is 4.98 Å². The van der Waals surface area contributed by atoms with E-state index in [0.717, 1.165) is 35.9 Å². The number of fused-ring (bicyclic) bond motifs is 1. The second-order valence-electron chi connectivity index (χ2n) is 4.31. The van der Waals surface area contributed by atoms with Gasteiger partial charge in [0, 0.05) is 24.8 Å². The summed E-state index contributed by atoms with van der Waals surface area (Å²) in [7, 11) is 0. The molecule has 18 heavy (non-hydrogen) atoms. The van der Waals surface area contributed by atoms with Gasteiger partial charge in [0.25, 0.3) is 0 Å². The van der Waals surface area contributed by atoms with Crippen LogP contribution in [0.1, 0.15) is 31.4 Å². The van der Waals surface area contributed by atoms with Gasteiger partial charge >= 0.3 is 0 Å². The fraction of sp³-hybridized carbons (Fsp3) is 0.400. The van der Waals surface area contributed by atoms with Crippen LogP contribution in [0.15, 0.2) is 36.5 Å². The van der Waals surface area contributed by atoms with Crippen molar-refractivity contribution in [3.63, 3.8) is 0 Å². The summed E-state index contributed by atoms with van der Waals surface area (Å²) < 4.78 is 5.27. The molecule has 0 radical (unpaired) electrons. The Hall–Kier alpha value is -1.45. The van der Waals surface area contributed by atoms with Gasteiger partial charge < -0.3 is 9.84 Å². The van der Waals surface area contributed by atoms with E-state index in [1.54, 1.807) is 6.20 Å². The van der Waals surface area contributed by atoms with Gasteiger partial charge in [0.2, 0.25) is 0 Å². The maximum absolute atomic E-state index is 10.1. The standard InChI is InChI=1S/C15H19NO2/c1-2-18-10-4-6-15(17)13-7-8-14-12(11-13)5-3-9-16-14/h3,5,7-9,11,15,17H,2,4,6,10H2,1H3. The molecule has 3 heteroatoms. The van der Waals surface area contributed by atoms with Crippen LogP contribution in [0.25, 0.3) is 10.9 Å². The number of benzene rings is 1. The summed E-state index contributed by atoms with van der Waals surface area (Å²) in [5, 5.41) is 11.2. The first kappa shape index (κ1) is 13.0. The Morgan fingerprint density at radius 1 is 1.33 bits per heavy atom. The number of pyridine rings is 1. The van der Waals surface area contributed by atoms with Gasteiger partial charge in [-0.25, -0.2) is 0 Å². The second-order valence-corrected chi connectivity index (χ2v) is 4.31. The number of aromatic nitrogens is 1. The van der Waals surface area contributed by atoms with Gasteiger partial charge in [-0.15, -0.1) is 0 Å². The summed E-state index contributed by atoms with van der Waals surface area (Å²) in [4.78, 5) is 4.27. The smallest absolute Gasteiger partial charge is 0.0791 e. The minimum Gasteiger partial charge on any atom is -0.388 e. The van der Waals surface area contributed by atoms with Crippen LogP contribution in [0.2, 0.25) is 0 Å². The molecule has 1 unspecified atom stereocenters. The van der Waals surface area contributed by atoms with Crippen LogP contribution in [0, 0.1) is 0 Å². The summed E-state index contributed by atoms with van der Waals surface area (Å²) in [5.74, 6) is 0. The Balaban J connectivity index is 2.01. The molecular weight excluding hydrogens is 226 g/mol. The van der Waals surface area contributed by atoms with Gasteiger partial charge in [0.1, 0.15) is 0 Å². The van der Waals surface area contributed by atoms with E-state index in [4.69, 9.17) is 4.74 Å². The Labute approximate surface area is 107 Å². The normalized spacial score (nSPS) is 12.8. The van der Waals surface area contributed by atoms with Gasteiger partial charge in [0.15, 0.2) is 0 Å². The zero-order valence-corrected chi connectivity index (χ0v) is 10.7. The number of hydrogen-bond acceptors (Lipinski definition) is 3. The van der Waals surface area contributed by atoms with Crippen molar-refractivity contribution >= 4 is 10.9 Å². The molecule has 0 amide bonds. The quantitative estimate of drug-likeness (QED) is 0.795. The highest BCUT2D eigenvalue weighted by Crippen LogP contribution is 2.22. The molecule has 0 aliphatic carbocycles. The van der Waals surface area contributed by atoms with Crippen LogP contribution < -0.4 is 0 Å². The van der Waals surface area contributed by atoms with E-state index < -0.39 is 6.10 Å². The molecule has 0 aliphatic rings. The number of aliphatic hydroxyl groups excluding tert-OH is 1. The number of aliphatic hydroxyl groups is 1. The lowest BCUT2D eigenvalue weighted by Gasteiger charge is -2.11. The minimum absolute atomic E-state index is 0.421. The SMILES string of the molecule is CCOCCCC(O)c1ccc2ncccc2c1. The number of nitrogens with zero attached hydrogens (tertiary/aromatic N) is 1. The highest BCUT2D eigenvalue weighted by atomic mass is 16.5. The van der Waals surface area contributed by atoms with Gasteiger partial charge in [-0.3, -0.25) is 4.98 Å². The van der Waals surface area contributed by atoms with E-state index >= 15 is 0 Å². The number of ether oxygens (including phenoxy) is 1. The largest absolute Gasteiger partial charge is 0.388 e. The van der Waals surface area contributed by atoms with Gasteiger partial charge in [-0.2, -0.15) is 0 Å². The summed E-state index contributed by atoms with van der Waals surface area (Å²) in [6, 6.07) is 9.83. The number of hydrogen-bond donors (Lipinski definition) is 1. The molecule has 0 saturated carbocycles. The van der Waals surface area contributed by atoms with Crippen molar-refractivity contribution in [1.82, 2.24) is 4.98 Å². The summed E-state index contributed by atoms with van der Waals surface area (Å²) in [6.07, 6.45) is 2.96. The molecule has 1 N–H and O–H groups in total. The third-order valence-corrected chi connectivity index (χ3v) is 2.98. The molecule has 0 spiro atoms. The van der Waals surface area contributed by atoms with Crippen molar-refractivity contribution in [2.24, 2.45) is 0 Å². The molecule has 0 fully saturated rings. The highest BCUT2D eigenvalue weighted by molar-refractivity contribution is 5.78. The molecule has 2 rings (SSSR count). The van der Waals surface area contributed by atoms with E-state index in [1.807, 2.05) is 37.3 Å². The topological polar surface area (TPSA) is 42.4 Å². The number of rotatable bonds is 6. The first-order valence-corrected chi connectivity index (χ1v) is 6.41. The molecule has 96 valence electrons. The monoisotopic (exact) mass is 245 g/mol. The third kappa shape index (κ3) is 3.28. The molecule has 1 aromatic carbocycles. The van der Waals surface area contributed by atoms with Gasteiger partial charge in [-0.1, -0.05) is 12.1 Å². The molecular formula is C15H19NO2. The van der Waals surface area contributed by atoms with Crippen molar-refractivity contribution in [3.8, 4) is 0 Å². The molecule has 0 saturated heterocycles. The molecule has 1 heterocycles. The van der Waals surface area contributed by atoms with Crippen LogP contribution in [0.4, 0.5) is 0 Å².